The van der Waals surface area contributed by atoms with Gasteiger partial charge in [0.05, 0.1) is 39.0 Å². The third-order valence-electron chi connectivity index (χ3n) is 18.5. The number of rotatable bonds is 27. The van der Waals surface area contributed by atoms with Gasteiger partial charge in [0.25, 0.3) is 0 Å². The average Bonchev–Trinajstić information content (AvgIpc) is 1.71. The molecule has 1 saturated heterocycles. The Kier molecular flexibility index (Phi) is 39.2. The normalized spacial score (nSPS) is 23.6. The number of aliphatic hydroxyl groups excluding tert-OH is 2. The number of nitrogens with one attached hydrogen (secondary N) is 11. The molecule has 39 nitrogen and oxygen atoms in total. The van der Waals surface area contributed by atoms with Crippen molar-refractivity contribution >= 4 is 112 Å². The summed E-state index contributed by atoms with van der Waals surface area (Å²) >= 11 is 0. The van der Waals surface area contributed by atoms with Crippen molar-refractivity contribution in [3.63, 3.8) is 0 Å². The van der Waals surface area contributed by atoms with Crippen LogP contribution in [0.3, 0.4) is 0 Å². The minimum absolute atomic E-state index is 0.00179. The zero-order valence-corrected chi connectivity index (χ0v) is 65.1. The standard InChI is InChI=1S/C74H113N19O20/c1-39(2)17-14-20-44-32-59(98)83-55(38-95)70(109)89-53(34-58(77)97)69(108)91-54(37-94)63(102)82-36-60(99)92(7)56(30-42-18-10-9-11-19-42)71(110)90-50(29-40(3)4)66(105)84-47(23-15-27-75)64(103)85-48(25-26-61(100)101)65(104)88-52(33-57(76)96)68(107)87-51(31-43-35-81-46-22-13-12-21-45(43)46)67(106)86-49(24-16-28-80-74(78)79)72(111)93(8)62(41(5)6)73(112)113-44/h9-13,18-19,21-22,35,39-41,44,47-56,62,81,94-95H,14-17,20,23-34,36-38,75H2,1-8H3,(H2,76,96)(H2,77,97)(H,82,102)(H,83,98)(H,84,105)(H,85,103)(H,86,106)(H,87,107)(H,88,104)(H,89,109)(H,90,110)(H,91,108)(H,100,101)(H4,78,79,80)/t44-,47-,48+,49-,50+,51-,52-,53-,54+,55+,56-,62+/m1/s1. The second-order valence-electron chi connectivity index (χ2n) is 29.0. The predicted molar refractivity (Wildman–Crippen MR) is 410 cm³/mol. The summed E-state index contributed by atoms with van der Waals surface area (Å²) in [5.41, 5.74) is 29.9. The number of hydrogen-bond donors (Lipinski definition) is 19. The number of aliphatic carboxylic acids is 1. The molecule has 0 spiro atoms. The summed E-state index contributed by atoms with van der Waals surface area (Å²) in [5.74, 6) is -19.3. The molecule has 0 unspecified atom stereocenters. The van der Waals surface area contributed by atoms with E-state index in [4.69, 9.17) is 33.4 Å². The van der Waals surface area contributed by atoms with Crippen molar-refractivity contribution in [3.05, 3.63) is 71.9 Å². The molecule has 2 heterocycles. The largest absolute Gasteiger partial charge is 0.481 e. The summed E-state index contributed by atoms with van der Waals surface area (Å²) in [4.78, 5) is 235. The number of carboxylic acid groups (broad SMARTS) is 1. The van der Waals surface area contributed by atoms with E-state index in [9.17, 15) is 82.4 Å². The van der Waals surface area contributed by atoms with Crippen molar-refractivity contribution in [3.8, 4) is 0 Å². The Balaban J connectivity index is 1.94. The number of cyclic esters (lactones) is 1. The number of H-pyrrole nitrogens is 1. The molecule has 113 heavy (non-hydrogen) atoms. The van der Waals surface area contributed by atoms with E-state index in [1.54, 1.807) is 88.5 Å². The number of fused-ring (bicyclic) bond motifs is 1. The van der Waals surface area contributed by atoms with Gasteiger partial charge < -0.3 is 117 Å². The van der Waals surface area contributed by atoms with Gasteiger partial charge in [-0.3, -0.25) is 76.9 Å². The van der Waals surface area contributed by atoms with Gasteiger partial charge in [0.2, 0.25) is 82.7 Å². The lowest BCUT2D eigenvalue weighted by Gasteiger charge is -2.34. The maximum absolute atomic E-state index is 15.2. The quantitative estimate of drug-likeness (QED) is 0.0148. The van der Waals surface area contributed by atoms with Gasteiger partial charge in [-0.05, 0) is 92.9 Å². The van der Waals surface area contributed by atoms with E-state index >= 15 is 9.59 Å². The van der Waals surface area contributed by atoms with Crippen LogP contribution < -0.4 is 81.8 Å². The summed E-state index contributed by atoms with van der Waals surface area (Å²) in [6, 6.07) is -3.80. The molecular formula is C74H113N19O20. The lowest BCUT2D eigenvalue weighted by atomic mass is 9.99. The molecule has 24 N–H and O–H groups in total. The van der Waals surface area contributed by atoms with Gasteiger partial charge in [-0.25, -0.2) is 4.79 Å². The van der Waals surface area contributed by atoms with Crippen LogP contribution in [0.25, 0.3) is 10.9 Å². The minimum Gasteiger partial charge on any atom is -0.481 e. The number of hydrogen-bond acceptors (Lipinski definition) is 21. The molecule has 3 aromatic rings. The van der Waals surface area contributed by atoms with Crippen LogP contribution in [0.1, 0.15) is 136 Å². The van der Waals surface area contributed by atoms with Crippen molar-refractivity contribution < 1.29 is 96.8 Å². The number of aromatic amines is 1. The Morgan fingerprint density at radius 1 is 0.549 bits per heavy atom. The predicted octanol–water partition coefficient (Wildman–Crippen LogP) is -4.68. The molecule has 0 aliphatic carbocycles. The first-order chi connectivity index (χ1) is 53.4. The summed E-state index contributed by atoms with van der Waals surface area (Å²) < 4.78 is 6.05. The van der Waals surface area contributed by atoms with Gasteiger partial charge in [-0.15, -0.1) is 0 Å². The number of benzene rings is 2. The zero-order chi connectivity index (χ0) is 84.3. The molecule has 1 aromatic heterocycles. The number of amides is 14. The fourth-order valence-corrected chi connectivity index (χ4v) is 12.4. The minimum atomic E-state index is -1.99. The number of nitrogens with two attached hydrogens (primary N) is 5. The van der Waals surface area contributed by atoms with Gasteiger partial charge >= 0.3 is 11.9 Å². The van der Waals surface area contributed by atoms with E-state index in [-0.39, 0.29) is 82.3 Å². The molecule has 1 aliphatic heterocycles. The molecule has 0 saturated carbocycles. The number of likely N-dealkylation sites (N-methyl/N-ethyl adjacent to an activating group) is 2. The first-order valence-electron chi connectivity index (χ1n) is 37.5. The number of para-hydroxylation sites is 1. The third-order valence-corrected chi connectivity index (χ3v) is 18.5. The molecular weight excluding hydrogens is 1470 g/mol. The number of aliphatic hydroxyl groups is 2. The summed E-state index contributed by atoms with van der Waals surface area (Å²) in [6.07, 6.45) is -3.92. The Bertz CT molecular complexity index is 3810. The first kappa shape index (κ1) is 94.0. The van der Waals surface area contributed by atoms with Crippen LogP contribution in [0.15, 0.2) is 65.8 Å². The van der Waals surface area contributed by atoms with Gasteiger partial charge in [0, 0.05) is 57.0 Å². The average molecular weight is 1590 g/mol. The van der Waals surface area contributed by atoms with E-state index in [0.29, 0.717) is 34.9 Å². The number of nitrogens with zero attached hydrogens (tertiary/aromatic N) is 3. The number of aliphatic imine (C=N–C) groups is 1. The number of carbonyl (C=O) groups is 16. The van der Waals surface area contributed by atoms with Crippen LogP contribution in [0.5, 0.6) is 0 Å². The molecule has 39 heteroatoms. The number of carboxylic acids is 1. The Morgan fingerprint density at radius 3 is 1.61 bits per heavy atom. The van der Waals surface area contributed by atoms with Gasteiger partial charge in [0.15, 0.2) is 5.96 Å². The number of ether oxygens (including phenoxy) is 1. The molecule has 0 radical (unpaired) electrons. The van der Waals surface area contributed by atoms with E-state index in [1.807, 2.05) is 13.8 Å². The summed E-state index contributed by atoms with van der Waals surface area (Å²) in [7, 11) is 2.46. The van der Waals surface area contributed by atoms with Crippen molar-refractivity contribution in [1.82, 2.24) is 68.0 Å². The molecule has 624 valence electrons. The van der Waals surface area contributed by atoms with Crippen LogP contribution in [0.4, 0.5) is 0 Å². The smallest absolute Gasteiger partial charge is 0.329 e. The number of primary amides is 2. The second-order valence-corrected chi connectivity index (χ2v) is 29.0. The lowest BCUT2D eigenvalue weighted by molar-refractivity contribution is -0.162. The highest BCUT2D eigenvalue weighted by molar-refractivity contribution is 6.01. The molecule has 14 amide bonds. The van der Waals surface area contributed by atoms with Crippen LogP contribution >= 0.6 is 0 Å². The highest BCUT2D eigenvalue weighted by atomic mass is 16.5. The lowest BCUT2D eigenvalue weighted by Crippen LogP contribution is -2.61. The van der Waals surface area contributed by atoms with Gasteiger partial charge in [0.1, 0.15) is 72.6 Å². The van der Waals surface area contributed by atoms with E-state index in [2.05, 4.69) is 63.1 Å². The van der Waals surface area contributed by atoms with Crippen molar-refractivity contribution in [1.29, 1.82) is 0 Å². The molecule has 12 atom stereocenters. The van der Waals surface area contributed by atoms with Crippen LogP contribution in [-0.4, -0.2) is 250 Å². The topological polar surface area (TPSA) is 628 Å². The SMILES string of the molecule is CC(C)CCC[C@@H]1CC(=O)N[C@@H](CO)C(=O)N[C@H](CC(N)=O)C(=O)N[C@@H](CO)C(=O)NCC(=O)N(C)[C@H](Cc2ccccc2)C(=O)N[C@@H](CC(C)C)C(=O)N[C@H](CCCN)C(=O)N[C@@H](CCC(=O)O)C(=O)N[C@H](CC(N)=O)C(=O)N[C@H](Cc2c[nH]c3ccccc23)C(=O)N[C@H](CCCN=C(N)N)C(=O)N(C)[C@@H](C(C)C)C(=O)O1. The van der Waals surface area contributed by atoms with Gasteiger partial charge in [-0.2, -0.15) is 0 Å². The van der Waals surface area contributed by atoms with E-state index in [0.717, 1.165) is 9.80 Å². The summed E-state index contributed by atoms with van der Waals surface area (Å²) in [5, 5.41) is 55.7. The maximum atomic E-state index is 15.2. The van der Waals surface area contributed by atoms with Gasteiger partial charge in [-0.1, -0.05) is 96.5 Å². The number of aromatic nitrogens is 1. The molecule has 4 rings (SSSR count). The molecule has 2 aromatic carbocycles. The van der Waals surface area contributed by atoms with Crippen molar-refractivity contribution in [2.75, 3.05) is 46.9 Å². The van der Waals surface area contributed by atoms with E-state index in [1.165, 1.54) is 14.1 Å². The number of esters is 1. The van der Waals surface area contributed by atoms with Crippen LogP contribution in [0, 0.1) is 17.8 Å². The highest BCUT2D eigenvalue weighted by Crippen LogP contribution is 2.23. The number of guanidine groups is 1. The second kappa shape index (κ2) is 47.1. The zero-order valence-electron chi connectivity index (χ0n) is 65.1. The van der Waals surface area contributed by atoms with Crippen molar-refractivity contribution in [2.24, 2.45) is 51.4 Å². The Labute approximate surface area is 654 Å². The molecule has 1 aliphatic rings. The fourth-order valence-electron chi connectivity index (χ4n) is 12.4. The maximum Gasteiger partial charge on any atom is 0.329 e. The Hall–Kier alpha value is -11.4. The monoisotopic (exact) mass is 1590 g/mol. The van der Waals surface area contributed by atoms with Crippen LogP contribution in [-0.2, 0) is 94.3 Å². The van der Waals surface area contributed by atoms with Crippen LogP contribution in [0.2, 0.25) is 0 Å². The highest BCUT2D eigenvalue weighted by Gasteiger charge is 2.41. The number of carbonyl (C=O) groups excluding carboxylic acids is 15. The Morgan fingerprint density at radius 2 is 1.05 bits per heavy atom. The first-order valence-corrected chi connectivity index (χ1v) is 37.5. The van der Waals surface area contributed by atoms with Crippen molar-refractivity contribution in [2.45, 2.75) is 210 Å². The third kappa shape index (κ3) is 31.7. The fraction of sp³-hybridized carbons (Fsp3) is 0.581. The molecule has 1 fully saturated rings. The van der Waals surface area contributed by atoms with E-state index < -0.39 is 225 Å². The molecule has 0 bridgehead atoms. The summed E-state index contributed by atoms with van der Waals surface area (Å²) in [6.45, 7) is 7.08.